The first-order valence-electron chi connectivity index (χ1n) is 9.78. The fraction of sp³-hybridized carbons (Fsp3) is 0.240. The molecule has 0 aliphatic heterocycles. The van der Waals surface area contributed by atoms with Crippen molar-refractivity contribution in [2.75, 3.05) is 0 Å². The van der Waals surface area contributed by atoms with Crippen molar-refractivity contribution in [1.29, 1.82) is 0 Å². The van der Waals surface area contributed by atoms with Gasteiger partial charge in [-0.3, -0.25) is 0 Å². The van der Waals surface area contributed by atoms with E-state index in [2.05, 4.69) is 85.8 Å². The molecule has 3 heteroatoms. The molecule has 0 heterocycles. The maximum absolute atomic E-state index is 8.56. The summed E-state index contributed by atoms with van der Waals surface area (Å²) >= 11 is 0. The second kappa shape index (κ2) is 11.6. The summed E-state index contributed by atoms with van der Waals surface area (Å²) in [5.41, 5.74) is 6.84. The van der Waals surface area contributed by atoms with Crippen molar-refractivity contribution in [2.24, 2.45) is 0 Å². The van der Waals surface area contributed by atoms with Gasteiger partial charge in [-0.05, 0) is 40.7 Å². The van der Waals surface area contributed by atoms with Crippen LogP contribution in [0.2, 0.25) is 0 Å². The molecule has 2 N–H and O–H groups in total. The molecule has 0 fully saturated rings. The van der Waals surface area contributed by atoms with Crippen LogP contribution in [0.1, 0.15) is 38.2 Å². The topological polar surface area (TPSA) is 57.5 Å². The number of hydrogen-bond acceptors (Lipinski definition) is 1. The molecule has 0 unspecified atom stereocenters. The Morgan fingerprint density at radius 2 is 1.29 bits per heavy atom. The van der Waals surface area contributed by atoms with Crippen LogP contribution in [0.15, 0.2) is 78.9 Å². The molecular weight excluding hydrogens is 348 g/mol. The summed E-state index contributed by atoms with van der Waals surface area (Å²) in [4.78, 5) is 8.56. The van der Waals surface area contributed by atoms with Gasteiger partial charge >= 0.3 is 6.16 Å². The van der Waals surface area contributed by atoms with Crippen molar-refractivity contribution in [1.82, 2.24) is 0 Å². The fourth-order valence-electron chi connectivity index (χ4n) is 3.35. The number of carbonyl (C=O) groups is 1. The number of carboxylic acid groups (broad SMARTS) is 2. The Morgan fingerprint density at radius 1 is 0.714 bits per heavy atom. The van der Waals surface area contributed by atoms with E-state index in [1.54, 1.807) is 0 Å². The average Bonchev–Trinajstić information content (AvgIpc) is 2.72. The normalized spacial score (nSPS) is 10.0. The largest absolute Gasteiger partial charge is 0.503 e. The lowest BCUT2D eigenvalue weighted by Crippen LogP contribution is -1.94. The maximum Gasteiger partial charge on any atom is 0.503 e. The quantitative estimate of drug-likeness (QED) is 0.423. The average molecular weight is 376 g/mol. The van der Waals surface area contributed by atoms with Gasteiger partial charge in [-0.1, -0.05) is 105 Å². The van der Waals surface area contributed by atoms with E-state index in [0.717, 1.165) is 6.42 Å². The highest BCUT2D eigenvalue weighted by molar-refractivity contribution is 5.85. The van der Waals surface area contributed by atoms with E-state index in [1.807, 2.05) is 0 Å². The summed E-state index contributed by atoms with van der Waals surface area (Å²) in [7, 11) is 0. The second-order valence-corrected chi connectivity index (χ2v) is 6.66. The molecule has 0 atom stereocenters. The molecule has 0 saturated heterocycles. The highest BCUT2D eigenvalue weighted by atomic mass is 16.6. The fourth-order valence-corrected chi connectivity index (χ4v) is 3.35. The minimum atomic E-state index is -1.83. The van der Waals surface area contributed by atoms with Gasteiger partial charge in [0, 0.05) is 0 Å². The van der Waals surface area contributed by atoms with E-state index >= 15 is 0 Å². The number of hydrogen-bond donors (Lipinski definition) is 2. The molecule has 3 nitrogen and oxygen atoms in total. The first-order chi connectivity index (χ1) is 13.6. The molecule has 3 aromatic rings. The number of rotatable bonds is 7. The van der Waals surface area contributed by atoms with Crippen molar-refractivity contribution in [3.63, 3.8) is 0 Å². The van der Waals surface area contributed by atoms with Crippen molar-refractivity contribution in [2.45, 2.75) is 39.0 Å². The van der Waals surface area contributed by atoms with Gasteiger partial charge in [-0.25, -0.2) is 4.79 Å². The van der Waals surface area contributed by atoms with Crippen LogP contribution in [0.25, 0.3) is 22.3 Å². The lowest BCUT2D eigenvalue weighted by atomic mass is 9.88. The van der Waals surface area contributed by atoms with E-state index < -0.39 is 6.16 Å². The number of unbranched alkanes of at least 4 members (excludes halogenated alkanes) is 3. The van der Waals surface area contributed by atoms with Gasteiger partial charge in [0.25, 0.3) is 0 Å². The molecule has 3 rings (SSSR count). The molecule has 0 saturated carbocycles. The highest BCUT2D eigenvalue weighted by Gasteiger charge is 2.11. The van der Waals surface area contributed by atoms with Crippen LogP contribution in [-0.4, -0.2) is 16.4 Å². The number of benzene rings is 3. The van der Waals surface area contributed by atoms with Crippen LogP contribution in [0.3, 0.4) is 0 Å². The van der Waals surface area contributed by atoms with Gasteiger partial charge in [0.2, 0.25) is 0 Å². The third kappa shape index (κ3) is 6.58. The molecule has 3 aromatic carbocycles. The van der Waals surface area contributed by atoms with Gasteiger partial charge in [0.15, 0.2) is 0 Å². The van der Waals surface area contributed by atoms with Gasteiger partial charge in [-0.15, -0.1) is 0 Å². The summed E-state index contributed by atoms with van der Waals surface area (Å²) in [6, 6.07) is 28.4. The molecule has 0 aliphatic rings. The molecule has 0 amide bonds. The molecule has 0 radical (unpaired) electrons. The highest BCUT2D eigenvalue weighted by Crippen LogP contribution is 2.35. The van der Waals surface area contributed by atoms with Crippen LogP contribution in [0.4, 0.5) is 4.79 Å². The maximum atomic E-state index is 8.56. The van der Waals surface area contributed by atoms with E-state index in [0.29, 0.717) is 0 Å². The third-order valence-corrected chi connectivity index (χ3v) is 4.60. The second-order valence-electron chi connectivity index (χ2n) is 6.66. The molecule has 0 bridgehead atoms. The Balaban J connectivity index is 0.000000640. The van der Waals surface area contributed by atoms with E-state index in [4.69, 9.17) is 15.0 Å². The van der Waals surface area contributed by atoms with E-state index in [1.165, 1.54) is 53.5 Å². The monoisotopic (exact) mass is 376 g/mol. The van der Waals surface area contributed by atoms with Gasteiger partial charge in [-0.2, -0.15) is 0 Å². The summed E-state index contributed by atoms with van der Waals surface area (Å²) in [6.07, 6.45) is 4.53. The van der Waals surface area contributed by atoms with E-state index in [-0.39, 0.29) is 0 Å². The van der Waals surface area contributed by atoms with Crippen LogP contribution >= 0.6 is 0 Å². The van der Waals surface area contributed by atoms with Gasteiger partial charge < -0.3 is 10.2 Å². The zero-order valence-electron chi connectivity index (χ0n) is 16.3. The van der Waals surface area contributed by atoms with Crippen LogP contribution in [0.5, 0.6) is 0 Å². The minimum absolute atomic E-state index is 1.16. The zero-order valence-corrected chi connectivity index (χ0v) is 16.3. The van der Waals surface area contributed by atoms with Gasteiger partial charge in [0.05, 0.1) is 0 Å². The minimum Gasteiger partial charge on any atom is -0.450 e. The standard InChI is InChI=1S/C24H26.CH2O3/c1-2-3-4-7-15-22-18-12-19-23(20-13-8-5-9-14-20)24(22)21-16-10-6-11-17-21;2-1(3)4/h5-6,8-14,16-19H,2-4,7,15H2,1H3;(H2,2,3,4). The molecular formula is C25H28O3. The predicted molar refractivity (Wildman–Crippen MR) is 116 cm³/mol. The molecule has 28 heavy (non-hydrogen) atoms. The number of aryl methyl sites for hydroxylation is 1. The van der Waals surface area contributed by atoms with Crippen LogP contribution < -0.4 is 0 Å². The summed E-state index contributed by atoms with van der Waals surface area (Å²) in [5.74, 6) is 0. The molecule has 0 aromatic heterocycles. The Kier molecular flexibility index (Phi) is 8.80. The first-order valence-corrected chi connectivity index (χ1v) is 9.78. The lowest BCUT2D eigenvalue weighted by Gasteiger charge is -2.16. The molecule has 146 valence electrons. The lowest BCUT2D eigenvalue weighted by molar-refractivity contribution is 0.137. The van der Waals surface area contributed by atoms with Crippen molar-refractivity contribution in [3.05, 3.63) is 84.4 Å². The Hall–Kier alpha value is -3.07. The molecule has 0 aliphatic carbocycles. The van der Waals surface area contributed by atoms with Crippen LogP contribution in [-0.2, 0) is 6.42 Å². The Labute approximate surface area is 167 Å². The smallest absolute Gasteiger partial charge is 0.450 e. The summed E-state index contributed by atoms with van der Waals surface area (Å²) in [6.45, 7) is 2.27. The predicted octanol–water partition coefficient (Wildman–Crippen LogP) is 7.37. The first kappa shape index (κ1) is 21.2. The summed E-state index contributed by atoms with van der Waals surface area (Å²) in [5, 5.41) is 13.9. The Bertz CT molecular complexity index is 838. The van der Waals surface area contributed by atoms with Gasteiger partial charge in [0.1, 0.15) is 0 Å². The third-order valence-electron chi connectivity index (χ3n) is 4.60. The Morgan fingerprint density at radius 3 is 1.86 bits per heavy atom. The molecule has 0 spiro atoms. The summed E-state index contributed by atoms with van der Waals surface area (Å²) < 4.78 is 0. The van der Waals surface area contributed by atoms with Crippen molar-refractivity contribution in [3.8, 4) is 22.3 Å². The van der Waals surface area contributed by atoms with Crippen LogP contribution in [0, 0.1) is 0 Å². The van der Waals surface area contributed by atoms with E-state index in [9.17, 15) is 0 Å². The van der Waals surface area contributed by atoms with Crippen molar-refractivity contribution >= 4 is 6.16 Å². The zero-order chi connectivity index (χ0) is 20.2. The SMILES string of the molecule is CCCCCCc1cccc(-c2ccccc2)c1-c1ccccc1.O=C(O)O. The van der Waals surface area contributed by atoms with Crippen molar-refractivity contribution < 1.29 is 15.0 Å².